The zero-order chi connectivity index (χ0) is 21.3. The minimum atomic E-state index is -0.121. The van der Waals surface area contributed by atoms with Crippen molar-refractivity contribution in [3.8, 4) is 11.5 Å². The van der Waals surface area contributed by atoms with Crippen molar-refractivity contribution in [3.63, 3.8) is 0 Å². The molecular weight excluding hydrogens is 352 g/mol. The molecule has 28 heavy (non-hydrogen) atoms. The lowest BCUT2D eigenvalue weighted by molar-refractivity contribution is 0.475. The molecule has 2 aromatic rings. The SMILES string of the molecule is CC(C)(C)c1cc(N)c(O)c(/C=N/N=C/c2cc(C(C)(C)C)cc(N)c2O)c1. The third-order valence-corrected chi connectivity index (χ3v) is 4.53. The van der Waals surface area contributed by atoms with Crippen LogP contribution in [0.3, 0.4) is 0 Å². The Morgan fingerprint density at radius 2 is 1.00 bits per heavy atom. The van der Waals surface area contributed by atoms with Gasteiger partial charge in [0.25, 0.3) is 0 Å². The van der Waals surface area contributed by atoms with Gasteiger partial charge in [-0.15, -0.1) is 0 Å². The number of hydrogen-bond acceptors (Lipinski definition) is 6. The molecular formula is C22H30N4O2. The van der Waals surface area contributed by atoms with Crippen molar-refractivity contribution < 1.29 is 10.2 Å². The van der Waals surface area contributed by atoms with E-state index in [4.69, 9.17) is 11.5 Å². The first kappa shape index (κ1) is 21.3. The van der Waals surface area contributed by atoms with Crippen molar-refractivity contribution >= 4 is 23.8 Å². The average molecular weight is 383 g/mol. The van der Waals surface area contributed by atoms with Crippen LogP contribution >= 0.6 is 0 Å². The highest BCUT2D eigenvalue weighted by atomic mass is 16.3. The maximum Gasteiger partial charge on any atom is 0.147 e. The van der Waals surface area contributed by atoms with Crippen molar-refractivity contribution in [1.82, 2.24) is 0 Å². The molecule has 0 atom stereocenters. The zero-order valence-corrected chi connectivity index (χ0v) is 17.4. The fraction of sp³-hybridized carbons (Fsp3) is 0.364. The highest BCUT2D eigenvalue weighted by molar-refractivity contribution is 5.89. The maximum atomic E-state index is 10.2. The molecule has 0 heterocycles. The number of rotatable bonds is 3. The molecule has 6 nitrogen and oxygen atoms in total. The van der Waals surface area contributed by atoms with Crippen molar-refractivity contribution in [2.45, 2.75) is 52.4 Å². The van der Waals surface area contributed by atoms with Gasteiger partial charge in [-0.3, -0.25) is 0 Å². The van der Waals surface area contributed by atoms with Crippen molar-refractivity contribution in [2.24, 2.45) is 10.2 Å². The number of phenolic OH excluding ortho intramolecular Hbond substituents is 2. The molecule has 150 valence electrons. The normalized spacial score (nSPS) is 12.9. The van der Waals surface area contributed by atoms with Crippen LogP contribution in [0.5, 0.6) is 11.5 Å². The monoisotopic (exact) mass is 382 g/mol. The summed E-state index contributed by atoms with van der Waals surface area (Å²) in [6.45, 7) is 12.4. The largest absolute Gasteiger partial charge is 0.505 e. The van der Waals surface area contributed by atoms with E-state index in [9.17, 15) is 10.2 Å². The van der Waals surface area contributed by atoms with Gasteiger partial charge in [-0.25, -0.2) is 0 Å². The third kappa shape index (κ3) is 4.82. The topological polar surface area (TPSA) is 117 Å². The van der Waals surface area contributed by atoms with E-state index in [1.165, 1.54) is 12.4 Å². The molecule has 0 amide bonds. The first-order valence-corrected chi connectivity index (χ1v) is 9.13. The molecule has 0 fully saturated rings. The summed E-state index contributed by atoms with van der Waals surface area (Å²) in [5.41, 5.74) is 15.1. The Kier molecular flexibility index (Phi) is 5.73. The van der Waals surface area contributed by atoms with Gasteiger partial charge in [0.15, 0.2) is 0 Å². The van der Waals surface area contributed by atoms with Gasteiger partial charge in [0.1, 0.15) is 11.5 Å². The quantitative estimate of drug-likeness (QED) is 0.274. The van der Waals surface area contributed by atoms with E-state index in [1.54, 1.807) is 12.1 Å². The van der Waals surface area contributed by atoms with Gasteiger partial charge in [-0.05, 0) is 46.2 Å². The van der Waals surface area contributed by atoms with Crippen LogP contribution in [-0.4, -0.2) is 22.6 Å². The Bertz CT molecular complexity index is 856. The lowest BCUT2D eigenvalue weighted by Gasteiger charge is -2.20. The van der Waals surface area contributed by atoms with Gasteiger partial charge in [0.2, 0.25) is 0 Å². The number of benzene rings is 2. The standard InChI is InChI=1S/C22H30N4O2/c1-21(2,3)15-7-13(19(27)17(23)9-15)11-25-26-12-14-8-16(22(4,5)6)10-18(24)20(14)28/h7-12,27-28H,23-24H2,1-6H3/b25-11+,26-12+. The first-order valence-electron chi connectivity index (χ1n) is 9.13. The Hall–Kier alpha value is -3.02. The molecule has 2 rings (SSSR count). The average Bonchev–Trinajstić information content (AvgIpc) is 2.56. The summed E-state index contributed by atoms with van der Waals surface area (Å²) in [5.74, 6) is -0.0671. The minimum Gasteiger partial charge on any atom is -0.505 e. The predicted octanol–water partition coefficient (Wildman–Crippen LogP) is 4.31. The first-order chi connectivity index (χ1) is 12.8. The fourth-order valence-electron chi connectivity index (χ4n) is 2.61. The molecule has 6 heteroatoms. The van der Waals surface area contributed by atoms with Crippen LogP contribution in [0.2, 0.25) is 0 Å². The second-order valence-electron chi connectivity index (χ2n) is 9.00. The van der Waals surface area contributed by atoms with Gasteiger partial charge in [0.05, 0.1) is 23.8 Å². The zero-order valence-electron chi connectivity index (χ0n) is 17.4. The highest BCUT2D eigenvalue weighted by Crippen LogP contribution is 2.33. The lowest BCUT2D eigenvalue weighted by Crippen LogP contribution is -2.12. The Morgan fingerprint density at radius 3 is 1.29 bits per heavy atom. The van der Waals surface area contributed by atoms with Gasteiger partial charge in [0, 0.05) is 11.1 Å². The van der Waals surface area contributed by atoms with E-state index >= 15 is 0 Å². The molecule has 0 unspecified atom stereocenters. The number of anilines is 2. The number of nitrogens with two attached hydrogens (primary N) is 2. The van der Waals surface area contributed by atoms with Gasteiger partial charge < -0.3 is 21.7 Å². The van der Waals surface area contributed by atoms with Crippen LogP contribution in [-0.2, 0) is 10.8 Å². The summed E-state index contributed by atoms with van der Waals surface area (Å²) < 4.78 is 0. The molecule has 6 N–H and O–H groups in total. The number of aromatic hydroxyl groups is 2. The number of hydrogen-bond donors (Lipinski definition) is 4. The molecule has 0 spiro atoms. The Labute approximate surface area is 166 Å². The summed E-state index contributed by atoms with van der Waals surface area (Å²) in [5, 5.41) is 28.4. The highest BCUT2D eigenvalue weighted by Gasteiger charge is 2.18. The fourth-order valence-corrected chi connectivity index (χ4v) is 2.61. The lowest BCUT2D eigenvalue weighted by atomic mass is 9.85. The second-order valence-corrected chi connectivity index (χ2v) is 9.00. The van der Waals surface area contributed by atoms with Crippen LogP contribution in [0.4, 0.5) is 11.4 Å². The minimum absolute atomic E-state index is 0.0335. The van der Waals surface area contributed by atoms with Gasteiger partial charge >= 0.3 is 0 Å². The van der Waals surface area contributed by atoms with Crippen LogP contribution in [0.1, 0.15) is 63.8 Å². The van der Waals surface area contributed by atoms with E-state index in [0.717, 1.165) is 11.1 Å². The van der Waals surface area contributed by atoms with Crippen molar-refractivity contribution in [2.75, 3.05) is 11.5 Å². The van der Waals surface area contributed by atoms with Gasteiger partial charge in [-0.1, -0.05) is 41.5 Å². The molecule has 0 bridgehead atoms. The molecule has 0 aromatic heterocycles. The van der Waals surface area contributed by atoms with Crippen molar-refractivity contribution in [3.05, 3.63) is 46.5 Å². The summed E-state index contributed by atoms with van der Waals surface area (Å²) in [7, 11) is 0. The van der Waals surface area contributed by atoms with E-state index in [1.807, 2.05) is 12.1 Å². The Balaban J connectivity index is 2.35. The molecule has 0 radical (unpaired) electrons. The van der Waals surface area contributed by atoms with E-state index in [0.29, 0.717) is 22.5 Å². The molecule has 0 aliphatic heterocycles. The van der Waals surface area contributed by atoms with Crippen LogP contribution in [0.15, 0.2) is 34.5 Å². The molecule has 2 aromatic carbocycles. The number of nitrogens with zero attached hydrogens (tertiary/aromatic N) is 2. The third-order valence-electron chi connectivity index (χ3n) is 4.53. The summed E-state index contributed by atoms with van der Waals surface area (Å²) in [4.78, 5) is 0. The Morgan fingerprint density at radius 1 is 0.679 bits per heavy atom. The molecule has 0 aliphatic carbocycles. The van der Waals surface area contributed by atoms with Crippen LogP contribution in [0, 0.1) is 0 Å². The molecule has 0 saturated heterocycles. The summed E-state index contributed by atoms with van der Waals surface area (Å²) >= 11 is 0. The van der Waals surface area contributed by atoms with Crippen LogP contribution < -0.4 is 11.5 Å². The van der Waals surface area contributed by atoms with E-state index in [2.05, 4.69) is 51.7 Å². The molecule has 0 saturated carbocycles. The van der Waals surface area contributed by atoms with Crippen molar-refractivity contribution in [1.29, 1.82) is 0 Å². The van der Waals surface area contributed by atoms with Gasteiger partial charge in [-0.2, -0.15) is 10.2 Å². The predicted molar refractivity (Wildman–Crippen MR) is 118 cm³/mol. The summed E-state index contributed by atoms with van der Waals surface area (Å²) in [6, 6.07) is 7.18. The number of nitrogen functional groups attached to an aromatic ring is 2. The van der Waals surface area contributed by atoms with E-state index < -0.39 is 0 Å². The smallest absolute Gasteiger partial charge is 0.147 e. The maximum absolute atomic E-state index is 10.2. The summed E-state index contributed by atoms with van der Waals surface area (Å²) in [6.07, 6.45) is 2.87. The molecule has 0 aliphatic rings. The van der Waals surface area contributed by atoms with E-state index in [-0.39, 0.29) is 22.3 Å². The number of phenols is 2. The second kappa shape index (κ2) is 7.54. The van der Waals surface area contributed by atoms with Crippen LogP contribution in [0.25, 0.3) is 0 Å².